The Morgan fingerprint density at radius 2 is 0.786 bits per heavy atom. The molecule has 0 aliphatic rings. The van der Waals surface area contributed by atoms with Gasteiger partial charge in [0, 0.05) is 0 Å². The van der Waals surface area contributed by atoms with E-state index in [2.05, 4.69) is 22.1 Å². The second-order valence-electron chi connectivity index (χ2n) is 10.0. The zero-order valence-electron chi connectivity index (χ0n) is 26.2. The summed E-state index contributed by atoms with van der Waals surface area (Å²) in [6.07, 6.45) is 6.18. The number of rotatable bonds is 19. The monoisotopic (exact) mass is 580 g/mol. The lowest BCUT2D eigenvalue weighted by molar-refractivity contribution is 0.289. The van der Waals surface area contributed by atoms with Crippen LogP contribution in [0.5, 0.6) is 34.5 Å². The van der Waals surface area contributed by atoms with Crippen molar-refractivity contribution in [3.63, 3.8) is 0 Å². The maximum absolute atomic E-state index is 6.16. The van der Waals surface area contributed by atoms with Crippen molar-refractivity contribution in [3.8, 4) is 34.5 Å². The lowest BCUT2D eigenvalue weighted by Gasteiger charge is -2.13. The first kappa shape index (κ1) is 31.3. The van der Waals surface area contributed by atoms with Crippen LogP contribution in [0.15, 0.2) is 24.3 Å². The van der Waals surface area contributed by atoms with Gasteiger partial charge in [0.05, 0.1) is 72.8 Å². The fourth-order valence-corrected chi connectivity index (χ4v) is 5.56. The van der Waals surface area contributed by atoms with Crippen molar-refractivity contribution < 1.29 is 28.4 Å². The Labute approximate surface area is 250 Å². The van der Waals surface area contributed by atoms with Gasteiger partial charge in [0.25, 0.3) is 0 Å². The van der Waals surface area contributed by atoms with Crippen LogP contribution in [0, 0.1) is 0 Å². The van der Waals surface area contributed by atoms with E-state index in [1.807, 2.05) is 53.7 Å². The largest absolute Gasteiger partial charge is 0.491 e. The van der Waals surface area contributed by atoms with Gasteiger partial charge < -0.3 is 38.4 Å². The highest BCUT2D eigenvalue weighted by Crippen LogP contribution is 2.45. The third-order valence-corrected chi connectivity index (χ3v) is 7.17. The molecule has 0 atom stereocenters. The van der Waals surface area contributed by atoms with E-state index in [1.165, 1.54) is 0 Å². The molecule has 0 bridgehead atoms. The average molecular weight is 581 g/mol. The molecule has 42 heavy (non-hydrogen) atoms. The molecule has 0 spiro atoms. The summed E-state index contributed by atoms with van der Waals surface area (Å²) in [5, 5.41) is 1.95. The van der Waals surface area contributed by atoms with E-state index in [1.54, 1.807) is 0 Å². The average Bonchev–Trinajstić information content (AvgIpc) is 3.52. The third kappa shape index (κ3) is 6.85. The fraction of sp³-hybridized carbons (Fsp3) is 0.529. The first-order chi connectivity index (χ1) is 20.6. The molecule has 230 valence electrons. The van der Waals surface area contributed by atoms with Gasteiger partial charge in [-0.15, -0.1) is 0 Å². The minimum Gasteiger partial charge on any atom is -0.491 e. The summed E-state index contributed by atoms with van der Waals surface area (Å²) in [6, 6.07) is 8.06. The van der Waals surface area contributed by atoms with Crippen LogP contribution in [0.4, 0.5) is 0 Å². The smallest absolute Gasteiger partial charge is 0.174 e. The highest BCUT2D eigenvalue weighted by molar-refractivity contribution is 5.96. The summed E-state index contributed by atoms with van der Waals surface area (Å²) in [5.74, 6) is 4.79. The van der Waals surface area contributed by atoms with Crippen LogP contribution >= 0.6 is 0 Å². The topological polar surface area (TPSA) is 87.0 Å². The van der Waals surface area contributed by atoms with E-state index < -0.39 is 0 Å². The van der Waals surface area contributed by atoms with Crippen LogP contribution in [0.1, 0.15) is 78.6 Å². The van der Waals surface area contributed by atoms with E-state index >= 15 is 0 Å². The lowest BCUT2D eigenvalue weighted by atomic mass is 10.1. The number of unbranched alkanes of at least 4 members (excludes halogenated alkanes) is 3. The molecule has 2 aromatic carbocycles. The number of H-pyrrole nitrogens is 2. The highest BCUT2D eigenvalue weighted by Gasteiger charge is 2.22. The Bertz CT molecular complexity index is 1320. The number of nitrogens with one attached hydrogen (secondary N) is 2. The molecule has 2 heterocycles. The van der Waals surface area contributed by atoms with Gasteiger partial charge in [-0.1, -0.05) is 12.8 Å². The molecule has 2 N–H and O–H groups in total. The number of aromatic nitrogens is 2. The van der Waals surface area contributed by atoms with E-state index in [0.717, 1.165) is 106 Å². The Morgan fingerprint density at radius 1 is 0.429 bits per heavy atom. The number of fused-ring (bicyclic) bond motifs is 2. The Kier molecular flexibility index (Phi) is 11.6. The van der Waals surface area contributed by atoms with Gasteiger partial charge in [-0.2, -0.15) is 0 Å². The fourth-order valence-electron chi connectivity index (χ4n) is 5.56. The molecule has 2 aromatic heterocycles. The molecular formula is C34H48N2O6. The molecule has 4 rings (SSSR count). The highest BCUT2D eigenvalue weighted by atomic mass is 16.5. The number of hydrogen-bond donors (Lipinski definition) is 2. The SMILES string of the molecule is CCOc1ccc2[nH]c(CCCCCCc3[nH]c4ccc(OCC)c(OCC)c4c3OCC)c(OCC)c2c1OCC. The summed E-state index contributed by atoms with van der Waals surface area (Å²) in [4.78, 5) is 7.19. The Balaban J connectivity index is 1.43. The van der Waals surface area contributed by atoms with Crippen molar-refractivity contribution in [2.45, 2.75) is 80.1 Å². The van der Waals surface area contributed by atoms with Crippen molar-refractivity contribution >= 4 is 21.8 Å². The van der Waals surface area contributed by atoms with Crippen molar-refractivity contribution in [2.24, 2.45) is 0 Å². The molecule has 0 aliphatic heterocycles. The minimum absolute atomic E-state index is 0.563. The van der Waals surface area contributed by atoms with Crippen molar-refractivity contribution in [2.75, 3.05) is 39.6 Å². The molecule has 0 aliphatic carbocycles. The van der Waals surface area contributed by atoms with Gasteiger partial charge in [0.2, 0.25) is 0 Å². The number of ether oxygens (including phenoxy) is 6. The first-order valence-electron chi connectivity index (χ1n) is 15.7. The van der Waals surface area contributed by atoms with E-state index in [-0.39, 0.29) is 0 Å². The number of benzene rings is 2. The molecule has 0 saturated heterocycles. The minimum atomic E-state index is 0.563. The standard InChI is InChI=1S/C34H48N2O6/c1-7-37-27-21-19-23-29(33(27)41-11-5)31(39-9-3)25(35-23)17-15-13-14-16-18-26-32(40-10-4)30-24(36-26)20-22-28(38-8-2)34(30)42-12-6/h19-22,35-36H,7-18H2,1-6H3. The number of aryl methyl sites for hydroxylation is 2. The van der Waals surface area contributed by atoms with Gasteiger partial charge >= 0.3 is 0 Å². The number of aromatic amines is 2. The Hall–Kier alpha value is -3.68. The zero-order valence-corrected chi connectivity index (χ0v) is 26.2. The summed E-state index contributed by atoms with van der Waals surface area (Å²) < 4.78 is 36.1. The second kappa shape index (κ2) is 15.5. The van der Waals surface area contributed by atoms with Gasteiger partial charge in [-0.05, 0) is 91.5 Å². The molecule has 8 heteroatoms. The third-order valence-electron chi connectivity index (χ3n) is 7.17. The van der Waals surface area contributed by atoms with Gasteiger partial charge in [-0.3, -0.25) is 0 Å². The molecule has 8 nitrogen and oxygen atoms in total. The maximum Gasteiger partial charge on any atom is 0.174 e. The summed E-state index contributed by atoms with van der Waals surface area (Å²) in [7, 11) is 0. The van der Waals surface area contributed by atoms with Crippen LogP contribution in [0.2, 0.25) is 0 Å². The van der Waals surface area contributed by atoms with Crippen molar-refractivity contribution in [3.05, 3.63) is 35.7 Å². The van der Waals surface area contributed by atoms with Crippen LogP contribution in [0.3, 0.4) is 0 Å². The normalized spacial score (nSPS) is 11.3. The summed E-state index contributed by atoms with van der Waals surface area (Å²) in [6.45, 7) is 15.5. The predicted molar refractivity (Wildman–Crippen MR) is 169 cm³/mol. The van der Waals surface area contributed by atoms with Crippen LogP contribution in [-0.2, 0) is 12.8 Å². The first-order valence-corrected chi connectivity index (χ1v) is 15.7. The molecule has 0 amide bonds. The molecule has 4 aromatic rings. The van der Waals surface area contributed by atoms with Gasteiger partial charge in [0.15, 0.2) is 34.5 Å². The molecule has 0 unspecified atom stereocenters. The molecule has 0 radical (unpaired) electrons. The van der Waals surface area contributed by atoms with E-state index in [4.69, 9.17) is 28.4 Å². The predicted octanol–water partition coefficient (Wildman–Crippen LogP) is 8.39. The van der Waals surface area contributed by atoms with Gasteiger partial charge in [0.1, 0.15) is 0 Å². The lowest BCUT2D eigenvalue weighted by Crippen LogP contribution is -2.00. The quantitative estimate of drug-likeness (QED) is 0.108. The van der Waals surface area contributed by atoms with Crippen LogP contribution in [0.25, 0.3) is 21.8 Å². The summed E-state index contributed by atoms with van der Waals surface area (Å²) >= 11 is 0. The molecule has 0 fully saturated rings. The second-order valence-corrected chi connectivity index (χ2v) is 10.0. The maximum atomic E-state index is 6.16. The van der Waals surface area contributed by atoms with Crippen LogP contribution < -0.4 is 28.4 Å². The number of hydrogen-bond acceptors (Lipinski definition) is 6. The van der Waals surface area contributed by atoms with Gasteiger partial charge in [-0.25, -0.2) is 0 Å². The van der Waals surface area contributed by atoms with E-state index in [0.29, 0.717) is 39.6 Å². The molecule has 0 saturated carbocycles. The van der Waals surface area contributed by atoms with Crippen LogP contribution in [-0.4, -0.2) is 49.6 Å². The zero-order chi connectivity index (χ0) is 29.9. The van der Waals surface area contributed by atoms with E-state index in [9.17, 15) is 0 Å². The summed E-state index contributed by atoms with van der Waals surface area (Å²) in [5.41, 5.74) is 4.26. The molecular weight excluding hydrogens is 532 g/mol. The van der Waals surface area contributed by atoms with Crippen molar-refractivity contribution in [1.82, 2.24) is 9.97 Å². The van der Waals surface area contributed by atoms with Crippen molar-refractivity contribution in [1.29, 1.82) is 0 Å². The Morgan fingerprint density at radius 3 is 1.14 bits per heavy atom.